The summed E-state index contributed by atoms with van der Waals surface area (Å²) in [6, 6.07) is 16.2. The van der Waals surface area contributed by atoms with Crippen LogP contribution in [0.15, 0.2) is 72.9 Å². The fourth-order valence-electron chi connectivity index (χ4n) is 3.23. The summed E-state index contributed by atoms with van der Waals surface area (Å²) in [4.78, 5) is 32.4. The van der Waals surface area contributed by atoms with Crippen LogP contribution in [-0.4, -0.2) is 30.0 Å². The van der Waals surface area contributed by atoms with E-state index in [9.17, 15) is 22.8 Å². The molecule has 0 unspecified atom stereocenters. The molecule has 4 rings (SSSR count). The predicted octanol–water partition coefficient (Wildman–Crippen LogP) is 4.80. The minimum Gasteiger partial charge on any atom is -0.321 e. The number of benzene rings is 2. The van der Waals surface area contributed by atoms with Crippen LogP contribution in [0.4, 0.5) is 35.2 Å². The summed E-state index contributed by atoms with van der Waals surface area (Å²) in [7, 11) is 0. The van der Waals surface area contributed by atoms with Gasteiger partial charge in [0, 0.05) is 24.3 Å². The summed E-state index contributed by atoms with van der Waals surface area (Å²) in [6.07, 6.45) is -3.06. The van der Waals surface area contributed by atoms with E-state index >= 15 is 0 Å². The predicted molar refractivity (Wildman–Crippen MR) is 110 cm³/mol. The van der Waals surface area contributed by atoms with Crippen molar-refractivity contribution in [3.05, 3.63) is 84.1 Å². The Labute approximate surface area is 175 Å². The van der Waals surface area contributed by atoms with Crippen LogP contribution in [0.25, 0.3) is 0 Å². The second-order valence-corrected chi connectivity index (χ2v) is 6.86. The first-order chi connectivity index (χ1) is 14.8. The van der Waals surface area contributed by atoms with Gasteiger partial charge in [-0.15, -0.1) is 0 Å². The summed E-state index contributed by atoms with van der Waals surface area (Å²) in [6.45, 7) is 0.995. The SMILES string of the molecule is O=C(Nc1ccc(N2CCN(c3ccccc3)C2=O)nc1)c1ccc(C(F)(F)F)cc1. The van der Waals surface area contributed by atoms with Gasteiger partial charge in [0.05, 0.1) is 17.4 Å². The van der Waals surface area contributed by atoms with Gasteiger partial charge in [-0.3, -0.25) is 14.6 Å². The monoisotopic (exact) mass is 426 g/mol. The molecule has 9 heteroatoms. The Balaban J connectivity index is 1.42. The first kappa shape index (κ1) is 20.4. The van der Waals surface area contributed by atoms with Crippen LogP contribution in [0.2, 0.25) is 0 Å². The lowest BCUT2D eigenvalue weighted by molar-refractivity contribution is -0.137. The van der Waals surface area contributed by atoms with E-state index in [1.54, 1.807) is 17.0 Å². The third-order valence-electron chi connectivity index (χ3n) is 4.83. The van der Waals surface area contributed by atoms with Crippen molar-refractivity contribution in [1.82, 2.24) is 4.98 Å². The van der Waals surface area contributed by atoms with Crippen molar-refractivity contribution < 1.29 is 22.8 Å². The van der Waals surface area contributed by atoms with Crippen molar-refractivity contribution in [3.8, 4) is 0 Å². The average Bonchev–Trinajstić information content (AvgIpc) is 3.15. The second-order valence-electron chi connectivity index (χ2n) is 6.86. The maximum atomic E-state index is 12.7. The number of pyridine rings is 1. The number of hydrogen-bond acceptors (Lipinski definition) is 3. The number of halogens is 3. The van der Waals surface area contributed by atoms with E-state index in [4.69, 9.17) is 0 Å². The number of para-hydroxylation sites is 1. The van der Waals surface area contributed by atoms with Gasteiger partial charge in [-0.25, -0.2) is 9.78 Å². The Kier molecular flexibility index (Phi) is 5.33. The number of alkyl halides is 3. The van der Waals surface area contributed by atoms with Crippen LogP contribution in [0.3, 0.4) is 0 Å². The molecule has 1 aliphatic heterocycles. The number of nitrogens with zero attached hydrogens (tertiary/aromatic N) is 3. The largest absolute Gasteiger partial charge is 0.416 e. The Morgan fingerprint density at radius 1 is 0.903 bits per heavy atom. The highest BCUT2D eigenvalue weighted by atomic mass is 19.4. The minimum absolute atomic E-state index is 0.0882. The summed E-state index contributed by atoms with van der Waals surface area (Å²) in [5.41, 5.74) is 0.427. The van der Waals surface area contributed by atoms with Gasteiger partial charge in [-0.1, -0.05) is 18.2 Å². The lowest BCUT2D eigenvalue weighted by atomic mass is 10.1. The first-order valence-corrected chi connectivity index (χ1v) is 9.42. The van der Waals surface area contributed by atoms with Crippen LogP contribution in [0.5, 0.6) is 0 Å². The third-order valence-corrected chi connectivity index (χ3v) is 4.83. The van der Waals surface area contributed by atoms with Crippen LogP contribution < -0.4 is 15.1 Å². The van der Waals surface area contributed by atoms with E-state index in [1.165, 1.54) is 11.1 Å². The molecule has 31 heavy (non-hydrogen) atoms. The molecule has 1 aromatic heterocycles. The van der Waals surface area contributed by atoms with Crippen LogP contribution in [-0.2, 0) is 6.18 Å². The fraction of sp³-hybridized carbons (Fsp3) is 0.136. The average molecular weight is 426 g/mol. The van der Waals surface area contributed by atoms with E-state index in [0.717, 1.165) is 30.0 Å². The highest BCUT2D eigenvalue weighted by Crippen LogP contribution is 2.29. The maximum Gasteiger partial charge on any atom is 0.416 e. The van der Waals surface area contributed by atoms with Crippen LogP contribution >= 0.6 is 0 Å². The van der Waals surface area contributed by atoms with E-state index in [0.29, 0.717) is 24.6 Å². The van der Waals surface area contributed by atoms with Crippen molar-refractivity contribution in [2.45, 2.75) is 6.18 Å². The number of rotatable bonds is 4. The number of carbonyl (C=O) groups is 2. The Morgan fingerprint density at radius 2 is 1.58 bits per heavy atom. The number of anilines is 3. The maximum absolute atomic E-state index is 12.7. The molecule has 0 aliphatic carbocycles. The van der Waals surface area contributed by atoms with Gasteiger partial charge < -0.3 is 5.32 Å². The van der Waals surface area contributed by atoms with Gasteiger partial charge in [-0.05, 0) is 48.5 Å². The van der Waals surface area contributed by atoms with Crippen LogP contribution in [0, 0.1) is 0 Å². The number of hydrogen-bond donors (Lipinski definition) is 1. The molecule has 1 aliphatic rings. The van der Waals surface area contributed by atoms with E-state index in [-0.39, 0.29) is 11.6 Å². The topological polar surface area (TPSA) is 65.5 Å². The molecule has 0 bridgehead atoms. The number of carbonyl (C=O) groups excluding carboxylic acids is 2. The number of nitrogens with one attached hydrogen (secondary N) is 1. The second kappa shape index (κ2) is 8.10. The lowest BCUT2D eigenvalue weighted by Gasteiger charge is -2.18. The molecule has 0 spiro atoms. The van der Waals surface area contributed by atoms with Crippen molar-refractivity contribution in [3.63, 3.8) is 0 Å². The molecule has 2 heterocycles. The molecule has 1 fully saturated rings. The van der Waals surface area contributed by atoms with E-state index in [2.05, 4.69) is 10.3 Å². The molecule has 0 radical (unpaired) electrons. The molecule has 1 N–H and O–H groups in total. The van der Waals surface area contributed by atoms with Gasteiger partial charge >= 0.3 is 12.2 Å². The van der Waals surface area contributed by atoms with Crippen molar-refractivity contribution >= 4 is 29.1 Å². The quantitative estimate of drug-likeness (QED) is 0.652. The van der Waals surface area contributed by atoms with Gasteiger partial charge in [0.15, 0.2) is 0 Å². The molecular weight excluding hydrogens is 409 g/mol. The standard InChI is InChI=1S/C22H17F3N4O2/c23-22(24,25)16-8-6-15(7-9-16)20(30)27-17-10-11-19(26-14-17)29-13-12-28(21(29)31)18-4-2-1-3-5-18/h1-11,14H,12-13H2,(H,27,30). The van der Waals surface area contributed by atoms with Gasteiger partial charge in [0.25, 0.3) is 5.91 Å². The van der Waals surface area contributed by atoms with Gasteiger partial charge in [0.2, 0.25) is 0 Å². The first-order valence-electron chi connectivity index (χ1n) is 9.42. The lowest BCUT2D eigenvalue weighted by Crippen LogP contribution is -2.32. The molecule has 1 saturated heterocycles. The van der Waals surface area contributed by atoms with Gasteiger partial charge in [-0.2, -0.15) is 13.2 Å². The fourth-order valence-corrected chi connectivity index (χ4v) is 3.23. The molecule has 3 aromatic rings. The smallest absolute Gasteiger partial charge is 0.321 e. The molecule has 6 nitrogen and oxygen atoms in total. The zero-order valence-corrected chi connectivity index (χ0v) is 16.1. The van der Waals surface area contributed by atoms with E-state index < -0.39 is 17.6 Å². The molecule has 0 saturated carbocycles. The number of aromatic nitrogens is 1. The summed E-state index contributed by atoms with van der Waals surface area (Å²) in [5.74, 6) is -0.119. The highest BCUT2D eigenvalue weighted by molar-refractivity contribution is 6.06. The Hall–Kier alpha value is -3.88. The number of urea groups is 1. The zero-order chi connectivity index (χ0) is 22.0. The molecular formula is C22H17F3N4O2. The summed E-state index contributed by atoms with van der Waals surface area (Å²) < 4.78 is 37.9. The summed E-state index contributed by atoms with van der Waals surface area (Å²) in [5, 5.41) is 2.58. The summed E-state index contributed by atoms with van der Waals surface area (Å²) >= 11 is 0. The Morgan fingerprint density at radius 3 is 2.19 bits per heavy atom. The molecule has 3 amide bonds. The zero-order valence-electron chi connectivity index (χ0n) is 16.1. The van der Waals surface area contributed by atoms with Crippen molar-refractivity contribution in [2.24, 2.45) is 0 Å². The van der Waals surface area contributed by atoms with E-state index in [1.807, 2.05) is 30.3 Å². The normalized spacial score (nSPS) is 14.1. The third kappa shape index (κ3) is 4.35. The molecule has 158 valence electrons. The van der Waals surface area contributed by atoms with Crippen LogP contribution in [0.1, 0.15) is 15.9 Å². The minimum atomic E-state index is -4.46. The van der Waals surface area contributed by atoms with Gasteiger partial charge in [0.1, 0.15) is 5.82 Å². The van der Waals surface area contributed by atoms with Crippen molar-refractivity contribution in [1.29, 1.82) is 0 Å². The molecule has 2 aromatic carbocycles. The molecule has 0 atom stereocenters. The number of amides is 3. The van der Waals surface area contributed by atoms with Crippen molar-refractivity contribution in [2.75, 3.05) is 28.2 Å². The Bertz CT molecular complexity index is 1080. The highest BCUT2D eigenvalue weighted by Gasteiger charge is 2.31.